The molecule has 0 heterocycles. The largest absolute Gasteiger partial charge is 0.367 e. The van der Waals surface area contributed by atoms with Crippen LogP contribution >= 0.6 is 0 Å². The minimum atomic E-state index is -0.987. The van der Waals surface area contributed by atoms with E-state index in [4.69, 9.17) is 15.3 Å². The number of hydrogen-bond acceptors (Lipinski definition) is 4. The maximum atomic E-state index is 11.8. The first kappa shape index (κ1) is 15.6. The van der Waals surface area contributed by atoms with Gasteiger partial charge in [-0.25, -0.2) is 0 Å². The zero-order chi connectivity index (χ0) is 13.5. The Morgan fingerprint density at radius 1 is 1.24 bits per heavy atom. The van der Waals surface area contributed by atoms with Crippen LogP contribution in [0.4, 0.5) is 0 Å². The van der Waals surface area contributed by atoms with Crippen LogP contribution in [0, 0.1) is 34.5 Å². The third-order valence-electron chi connectivity index (χ3n) is 2.77. The van der Waals surface area contributed by atoms with Gasteiger partial charge >= 0.3 is 0 Å². The topological polar surface area (TPSA) is 73.9 Å². The van der Waals surface area contributed by atoms with Gasteiger partial charge in [-0.15, -0.1) is 0 Å². The summed E-state index contributed by atoms with van der Waals surface area (Å²) in [5, 5.41) is 17.7. The van der Waals surface area contributed by atoms with Crippen molar-refractivity contribution in [3.8, 4) is 12.1 Å². The number of rotatable bonds is 7. The highest BCUT2D eigenvalue weighted by molar-refractivity contribution is 5.85. The first-order valence-electron chi connectivity index (χ1n) is 5.86. The van der Waals surface area contributed by atoms with Gasteiger partial charge in [0.05, 0.1) is 12.1 Å². The van der Waals surface area contributed by atoms with E-state index < -0.39 is 5.60 Å². The van der Waals surface area contributed by atoms with Gasteiger partial charge in [-0.3, -0.25) is 4.79 Å². The van der Waals surface area contributed by atoms with Crippen LogP contribution in [0.15, 0.2) is 0 Å². The molecule has 0 fully saturated rings. The van der Waals surface area contributed by atoms with Gasteiger partial charge in [-0.05, 0) is 40.5 Å². The van der Waals surface area contributed by atoms with E-state index in [0.717, 1.165) is 0 Å². The van der Waals surface area contributed by atoms with Crippen LogP contribution in [-0.2, 0) is 9.53 Å². The SMILES string of the molecule is CCOC(CC(C)C#N)(CC(C)C#N)C(C)=O. The van der Waals surface area contributed by atoms with Crippen LogP contribution in [0.5, 0.6) is 0 Å². The summed E-state index contributed by atoms with van der Waals surface area (Å²) in [5.74, 6) is -0.642. The Morgan fingerprint density at radius 2 is 1.65 bits per heavy atom. The summed E-state index contributed by atoms with van der Waals surface area (Å²) in [6.07, 6.45) is 0.692. The van der Waals surface area contributed by atoms with Gasteiger partial charge in [-0.2, -0.15) is 10.5 Å². The molecule has 0 aromatic rings. The third-order valence-corrected chi connectivity index (χ3v) is 2.77. The highest BCUT2D eigenvalue weighted by Gasteiger charge is 2.39. The molecule has 0 aliphatic rings. The van der Waals surface area contributed by atoms with Gasteiger partial charge < -0.3 is 4.74 Å². The Labute approximate surface area is 103 Å². The predicted octanol–water partition coefficient (Wildman–Crippen LogP) is 2.45. The lowest BCUT2D eigenvalue weighted by atomic mass is 9.81. The summed E-state index contributed by atoms with van der Waals surface area (Å²) in [7, 11) is 0. The van der Waals surface area contributed by atoms with E-state index in [-0.39, 0.29) is 17.6 Å². The first-order chi connectivity index (χ1) is 7.91. The van der Waals surface area contributed by atoms with E-state index >= 15 is 0 Å². The fourth-order valence-electron chi connectivity index (χ4n) is 1.95. The van der Waals surface area contributed by atoms with Gasteiger partial charge in [0, 0.05) is 18.4 Å². The Kier molecular flexibility index (Phi) is 6.46. The third kappa shape index (κ3) is 4.54. The molecule has 4 heteroatoms. The zero-order valence-electron chi connectivity index (χ0n) is 11.0. The molecule has 17 heavy (non-hydrogen) atoms. The smallest absolute Gasteiger partial charge is 0.161 e. The molecule has 0 radical (unpaired) electrons. The monoisotopic (exact) mass is 236 g/mol. The van der Waals surface area contributed by atoms with Gasteiger partial charge in [0.15, 0.2) is 5.78 Å². The molecule has 0 saturated carbocycles. The van der Waals surface area contributed by atoms with Gasteiger partial charge in [0.2, 0.25) is 0 Å². The standard InChI is InChI=1S/C13H20N2O2/c1-5-17-13(12(4)16,6-10(2)8-14)7-11(3)9-15/h10-11H,5-7H2,1-4H3. The second-order valence-corrected chi connectivity index (χ2v) is 4.45. The molecule has 0 bridgehead atoms. The van der Waals surface area contributed by atoms with Crippen molar-refractivity contribution in [1.29, 1.82) is 10.5 Å². The van der Waals surface area contributed by atoms with Crippen molar-refractivity contribution < 1.29 is 9.53 Å². The molecule has 0 amide bonds. The van der Waals surface area contributed by atoms with E-state index in [9.17, 15) is 4.79 Å². The van der Waals surface area contributed by atoms with Crippen molar-refractivity contribution >= 4 is 5.78 Å². The summed E-state index contributed by atoms with van der Waals surface area (Å²) < 4.78 is 5.58. The summed E-state index contributed by atoms with van der Waals surface area (Å²) in [5.41, 5.74) is -0.987. The number of nitrogens with zero attached hydrogens (tertiary/aromatic N) is 2. The summed E-state index contributed by atoms with van der Waals surface area (Å²) in [6, 6.07) is 4.22. The minimum Gasteiger partial charge on any atom is -0.367 e. The minimum absolute atomic E-state index is 0.108. The lowest BCUT2D eigenvalue weighted by Gasteiger charge is -2.33. The van der Waals surface area contributed by atoms with Crippen LogP contribution in [0.3, 0.4) is 0 Å². The molecular weight excluding hydrogens is 216 g/mol. The lowest BCUT2D eigenvalue weighted by Crippen LogP contribution is -2.43. The summed E-state index contributed by atoms with van der Waals surface area (Å²) in [4.78, 5) is 11.8. The van der Waals surface area contributed by atoms with Crippen molar-refractivity contribution in [2.75, 3.05) is 6.61 Å². The van der Waals surface area contributed by atoms with E-state index in [0.29, 0.717) is 19.4 Å². The molecule has 0 aromatic heterocycles. The molecule has 4 nitrogen and oxygen atoms in total. The van der Waals surface area contributed by atoms with E-state index in [1.165, 1.54) is 6.92 Å². The van der Waals surface area contributed by atoms with Crippen molar-refractivity contribution in [3.63, 3.8) is 0 Å². The van der Waals surface area contributed by atoms with E-state index in [1.807, 2.05) is 6.92 Å². The highest BCUT2D eigenvalue weighted by Crippen LogP contribution is 2.29. The maximum absolute atomic E-state index is 11.8. The predicted molar refractivity (Wildman–Crippen MR) is 63.8 cm³/mol. The first-order valence-corrected chi connectivity index (χ1v) is 5.86. The van der Waals surface area contributed by atoms with Gasteiger partial charge in [0.25, 0.3) is 0 Å². The Bertz CT molecular complexity index is 316. The maximum Gasteiger partial charge on any atom is 0.161 e. The van der Waals surface area contributed by atoms with Crippen molar-refractivity contribution in [2.45, 2.75) is 46.1 Å². The normalized spacial score (nSPS) is 17.3. The quantitative estimate of drug-likeness (QED) is 0.680. The molecule has 94 valence electrons. The van der Waals surface area contributed by atoms with Gasteiger partial charge in [0.1, 0.15) is 5.60 Å². The fourth-order valence-corrected chi connectivity index (χ4v) is 1.95. The fraction of sp³-hybridized carbons (Fsp3) is 0.769. The van der Waals surface area contributed by atoms with Crippen LogP contribution in [0.25, 0.3) is 0 Å². The molecule has 0 aliphatic heterocycles. The number of carbonyl (C=O) groups excluding carboxylic acids is 1. The number of nitriles is 2. The Morgan fingerprint density at radius 3 is 1.88 bits per heavy atom. The summed E-state index contributed by atoms with van der Waals surface area (Å²) in [6.45, 7) is 7.19. The molecule has 0 rings (SSSR count). The number of Topliss-reactive ketones (excluding diaryl/α,β-unsaturated/α-hetero) is 1. The van der Waals surface area contributed by atoms with Crippen molar-refractivity contribution in [2.24, 2.45) is 11.8 Å². The second-order valence-electron chi connectivity index (χ2n) is 4.45. The molecule has 0 N–H and O–H groups in total. The molecule has 0 spiro atoms. The molecule has 0 aromatic carbocycles. The highest BCUT2D eigenvalue weighted by atomic mass is 16.5. The summed E-state index contributed by atoms with van der Waals surface area (Å²) >= 11 is 0. The lowest BCUT2D eigenvalue weighted by molar-refractivity contribution is -0.146. The molecule has 0 saturated heterocycles. The van der Waals surface area contributed by atoms with Crippen molar-refractivity contribution in [1.82, 2.24) is 0 Å². The van der Waals surface area contributed by atoms with Crippen molar-refractivity contribution in [3.05, 3.63) is 0 Å². The van der Waals surface area contributed by atoms with Gasteiger partial charge in [-0.1, -0.05) is 0 Å². The molecule has 2 atom stereocenters. The Hall–Kier alpha value is -1.39. The van der Waals surface area contributed by atoms with Crippen LogP contribution in [-0.4, -0.2) is 18.0 Å². The van der Waals surface area contributed by atoms with Crippen LogP contribution in [0.1, 0.15) is 40.5 Å². The Balaban J connectivity index is 5.07. The average Bonchev–Trinajstić information content (AvgIpc) is 2.28. The second kappa shape index (κ2) is 7.04. The van der Waals surface area contributed by atoms with Crippen LogP contribution in [0.2, 0.25) is 0 Å². The number of hydrogen-bond donors (Lipinski definition) is 0. The average molecular weight is 236 g/mol. The number of carbonyl (C=O) groups is 1. The van der Waals surface area contributed by atoms with E-state index in [2.05, 4.69) is 12.1 Å². The molecule has 2 unspecified atom stereocenters. The van der Waals surface area contributed by atoms with E-state index in [1.54, 1.807) is 13.8 Å². The molecule has 0 aliphatic carbocycles. The van der Waals surface area contributed by atoms with Crippen LogP contribution < -0.4 is 0 Å². The number of ether oxygens (including phenoxy) is 1. The number of ketones is 1. The zero-order valence-corrected chi connectivity index (χ0v) is 11.0. The molecular formula is C13H20N2O2.